The molecule has 1 atom stereocenters. The molecule has 0 saturated carbocycles. The molecule has 148 valence electrons. The molecule has 1 aliphatic rings. The van der Waals surface area contributed by atoms with E-state index in [-0.39, 0.29) is 24.2 Å². The molecule has 6 heteroatoms. The number of benzene rings is 2. The van der Waals surface area contributed by atoms with Crippen molar-refractivity contribution in [2.75, 3.05) is 18.4 Å². The van der Waals surface area contributed by atoms with Crippen molar-refractivity contribution in [2.45, 2.75) is 19.8 Å². The Kier molecular flexibility index (Phi) is 5.49. The van der Waals surface area contributed by atoms with Gasteiger partial charge in [0.1, 0.15) is 0 Å². The summed E-state index contributed by atoms with van der Waals surface area (Å²) in [5, 5.41) is 4.62. The van der Waals surface area contributed by atoms with E-state index in [1.807, 2.05) is 61.5 Å². The number of halogens is 1. The summed E-state index contributed by atoms with van der Waals surface area (Å²) in [4.78, 5) is 31.3. The van der Waals surface area contributed by atoms with Crippen LogP contribution in [-0.4, -0.2) is 34.8 Å². The van der Waals surface area contributed by atoms with Gasteiger partial charge in [0.2, 0.25) is 11.8 Å². The van der Waals surface area contributed by atoms with Gasteiger partial charge >= 0.3 is 0 Å². The second kappa shape index (κ2) is 8.21. The first-order chi connectivity index (χ1) is 14.0. The summed E-state index contributed by atoms with van der Waals surface area (Å²) in [5.41, 5.74) is 3.69. The number of carbonyl (C=O) groups is 2. The normalized spacial score (nSPS) is 16.4. The van der Waals surface area contributed by atoms with Gasteiger partial charge in [-0.1, -0.05) is 29.8 Å². The van der Waals surface area contributed by atoms with E-state index in [0.29, 0.717) is 18.1 Å². The lowest BCUT2D eigenvalue weighted by Crippen LogP contribution is -2.30. The fraction of sp³-hybridized carbons (Fsp3) is 0.261. The summed E-state index contributed by atoms with van der Waals surface area (Å²) < 4.78 is 0. The first kappa shape index (κ1) is 19.4. The summed E-state index contributed by atoms with van der Waals surface area (Å²) in [5.74, 6) is -0.427. The highest BCUT2D eigenvalue weighted by Crippen LogP contribution is 2.23. The summed E-state index contributed by atoms with van der Waals surface area (Å²) in [7, 11) is 0. The molecule has 5 nitrogen and oxygen atoms in total. The molecule has 1 aliphatic heterocycles. The summed E-state index contributed by atoms with van der Waals surface area (Å²) in [6, 6.07) is 17.2. The Bertz CT molecular complexity index is 1070. The molecule has 0 aliphatic carbocycles. The van der Waals surface area contributed by atoms with Crippen LogP contribution < -0.4 is 5.32 Å². The van der Waals surface area contributed by atoms with E-state index in [1.165, 1.54) is 0 Å². The first-order valence-electron chi connectivity index (χ1n) is 9.68. The van der Waals surface area contributed by atoms with E-state index >= 15 is 0 Å². The van der Waals surface area contributed by atoms with Crippen LogP contribution in [0.2, 0.25) is 5.02 Å². The molecule has 1 N–H and O–H groups in total. The third kappa shape index (κ3) is 4.57. The van der Waals surface area contributed by atoms with Crippen LogP contribution in [0.3, 0.4) is 0 Å². The molecule has 0 spiro atoms. The number of fused-ring (bicyclic) bond motifs is 1. The van der Waals surface area contributed by atoms with Crippen LogP contribution in [0, 0.1) is 12.8 Å². The summed E-state index contributed by atoms with van der Waals surface area (Å²) in [6.45, 7) is 3.00. The summed E-state index contributed by atoms with van der Waals surface area (Å²) in [6.07, 6.45) is 0.995. The van der Waals surface area contributed by atoms with E-state index in [0.717, 1.165) is 34.3 Å². The third-order valence-corrected chi connectivity index (χ3v) is 5.52. The van der Waals surface area contributed by atoms with Crippen LogP contribution in [0.15, 0.2) is 54.6 Å². The molecule has 0 bridgehead atoms. The van der Waals surface area contributed by atoms with Gasteiger partial charge in [-0.3, -0.25) is 14.6 Å². The topological polar surface area (TPSA) is 62.3 Å². The number of hydrogen-bond donors (Lipinski definition) is 1. The number of likely N-dealkylation sites (tertiary alicyclic amines) is 1. The summed E-state index contributed by atoms with van der Waals surface area (Å²) >= 11 is 5.91. The smallest absolute Gasteiger partial charge is 0.229 e. The Morgan fingerprint density at radius 1 is 1.17 bits per heavy atom. The van der Waals surface area contributed by atoms with Crippen LogP contribution >= 0.6 is 11.6 Å². The average molecular weight is 408 g/mol. The van der Waals surface area contributed by atoms with Crippen molar-refractivity contribution in [1.82, 2.24) is 9.88 Å². The van der Waals surface area contributed by atoms with Gasteiger partial charge in [0.05, 0.1) is 11.4 Å². The highest BCUT2D eigenvalue weighted by atomic mass is 35.5. The first-order valence-corrected chi connectivity index (χ1v) is 10.1. The maximum Gasteiger partial charge on any atom is 0.229 e. The molecule has 1 aromatic heterocycles. The maximum absolute atomic E-state index is 12.7. The number of carbonyl (C=O) groups excluding carboxylic acids is 2. The minimum absolute atomic E-state index is 0.0253. The predicted molar refractivity (Wildman–Crippen MR) is 115 cm³/mol. The molecular formula is C23H22ClN3O2. The zero-order chi connectivity index (χ0) is 20.4. The maximum atomic E-state index is 12.7. The molecular weight excluding hydrogens is 386 g/mol. The fourth-order valence-corrected chi connectivity index (χ4v) is 3.75. The molecule has 2 aromatic carbocycles. The van der Waals surface area contributed by atoms with Crippen molar-refractivity contribution < 1.29 is 9.59 Å². The van der Waals surface area contributed by atoms with E-state index in [2.05, 4.69) is 10.3 Å². The number of aromatic nitrogens is 1. The number of amides is 2. The Hall–Kier alpha value is -2.92. The van der Waals surface area contributed by atoms with Crippen molar-refractivity contribution >= 4 is 40.0 Å². The van der Waals surface area contributed by atoms with E-state index in [4.69, 9.17) is 11.6 Å². The van der Waals surface area contributed by atoms with E-state index < -0.39 is 0 Å². The van der Waals surface area contributed by atoms with Gasteiger partial charge in [0, 0.05) is 41.3 Å². The van der Waals surface area contributed by atoms with Gasteiger partial charge in [-0.15, -0.1) is 0 Å². The van der Waals surface area contributed by atoms with E-state index in [1.54, 1.807) is 4.90 Å². The van der Waals surface area contributed by atoms with Gasteiger partial charge in [-0.05, 0) is 55.3 Å². The highest BCUT2D eigenvalue weighted by molar-refractivity contribution is 6.30. The average Bonchev–Trinajstić information content (AvgIpc) is 3.08. The number of nitrogens with one attached hydrogen (secondary N) is 1. The van der Waals surface area contributed by atoms with Crippen molar-refractivity contribution in [3.63, 3.8) is 0 Å². The molecule has 0 radical (unpaired) electrons. The quantitative estimate of drug-likeness (QED) is 0.688. The molecule has 4 rings (SSSR count). The third-order valence-electron chi connectivity index (χ3n) is 5.26. The minimum Gasteiger partial charge on any atom is -0.342 e. The van der Waals surface area contributed by atoms with Crippen LogP contribution in [-0.2, 0) is 16.0 Å². The largest absolute Gasteiger partial charge is 0.342 e. The van der Waals surface area contributed by atoms with E-state index in [9.17, 15) is 9.59 Å². The molecule has 0 unspecified atom stereocenters. The van der Waals surface area contributed by atoms with Gasteiger partial charge < -0.3 is 10.2 Å². The monoisotopic (exact) mass is 407 g/mol. The van der Waals surface area contributed by atoms with Crippen molar-refractivity contribution in [2.24, 2.45) is 5.92 Å². The van der Waals surface area contributed by atoms with Crippen molar-refractivity contribution in [3.8, 4) is 0 Å². The molecule has 1 fully saturated rings. The Labute approximate surface area is 174 Å². The molecule has 3 aromatic rings. The van der Waals surface area contributed by atoms with Crippen molar-refractivity contribution in [1.29, 1.82) is 0 Å². The lowest BCUT2D eigenvalue weighted by Gasteiger charge is -2.16. The molecule has 29 heavy (non-hydrogen) atoms. The number of nitrogens with zero attached hydrogens (tertiary/aromatic N) is 2. The number of hydrogen-bond acceptors (Lipinski definition) is 3. The fourth-order valence-electron chi connectivity index (χ4n) is 3.63. The van der Waals surface area contributed by atoms with Gasteiger partial charge in [-0.2, -0.15) is 0 Å². The Morgan fingerprint density at radius 2 is 1.97 bits per heavy atom. The molecule has 2 heterocycles. The SMILES string of the molecule is Cc1ccc2cc(NC(=O)[C@H]3CC(=O)N(CCc4ccc(Cl)cc4)C3)ccc2n1. The van der Waals surface area contributed by atoms with Crippen LogP contribution in [0.5, 0.6) is 0 Å². The lowest BCUT2D eigenvalue weighted by atomic mass is 10.1. The Morgan fingerprint density at radius 3 is 2.76 bits per heavy atom. The number of aryl methyl sites for hydroxylation is 1. The highest BCUT2D eigenvalue weighted by Gasteiger charge is 2.34. The second-order valence-corrected chi connectivity index (χ2v) is 7.90. The zero-order valence-corrected chi connectivity index (χ0v) is 16.9. The molecule has 1 saturated heterocycles. The van der Waals surface area contributed by atoms with Gasteiger partial charge in [0.15, 0.2) is 0 Å². The minimum atomic E-state index is -0.334. The molecule has 2 amide bonds. The zero-order valence-electron chi connectivity index (χ0n) is 16.2. The van der Waals surface area contributed by atoms with Gasteiger partial charge in [0.25, 0.3) is 0 Å². The predicted octanol–water partition coefficient (Wildman–Crippen LogP) is 4.23. The van der Waals surface area contributed by atoms with Crippen molar-refractivity contribution in [3.05, 3.63) is 70.9 Å². The van der Waals surface area contributed by atoms with Gasteiger partial charge in [-0.25, -0.2) is 0 Å². The van der Waals surface area contributed by atoms with Crippen LogP contribution in [0.1, 0.15) is 17.7 Å². The number of pyridine rings is 1. The van der Waals surface area contributed by atoms with Crippen LogP contribution in [0.4, 0.5) is 5.69 Å². The Balaban J connectivity index is 1.36. The standard InChI is InChI=1S/C23H22ClN3O2/c1-15-2-5-17-12-20(8-9-21(17)25-15)26-23(29)18-13-22(28)27(14-18)11-10-16-3-6-19(24)7-4-16/h2-9,12,18H,10-11,13-14H2,1H3,(H,26,29)/t18-/m0/s1. The number of rotatable bonds is 5. The van der Waals surface area contributed by atoms with Crippen LogP contribution in [0.25, 0.3) is 10.9 Å². The lowest BCUT2D eigenvalue weighted by molar-refractivity contribution is -0.128. The second-order valence-electron chi connectivity index (χ2n) is 7.47. The number of anilines is 1.